The van der Waals surface area contributed by atoms with Crippen molar-refractivity contribution in [3.8, 4) is 5.75 Å². The second kappa shape index (κ2) is 5.68. The summed E-state index contributed by atoms with van der Waals surface area (Å²) in [5.74, 6) is 0.455. The summed E-state index contributed by atoms with van der Waals surface area (Å²) in [4.78, 5) is 8.57. The van der Waals surface area contributed by atoms with Crippen molar-refractivity contribution in [3.63, 3.8) is 0 Å². The molecule has 2 aliphatic rings. The van der Waals surface area contributed by atoms with Gasteiger partial charge in [0.2, 0.25) is 10.0 Å². The Morgan fingerprint density at radius 2 is 2.17 bits per heavy atom. The zero-order valence-electron chi connectivity index (χ0n) is 13.0. The first kappa shape index (κ1) is 15.8. The van der Waals surface area contributed by atoms with Crippen molar-refractivity contribution >= 4 is 21.6 Å². The lowest BCUT2D eigenvalue weighted by Crippen LogP contribution is -2.42. The second-order valence-electron chi connectivity index (χ2n) is 6.01. The molecule has 8 heteroatoms. The molecule has 1 aromatic carbocycles. The zero-order valence-corrected chi connectivity index (χ0v) is 14.6. The van der Waals surface area contributed by atoms with Crippen molar-refractivity contribution in [3.05, 3.63) is 47.0 Å². The lowest BCUT2D eigenvalue weighted by Gasteiger charge is -2.34. The molecule has 126 valence electrons. The Kier molecular flexibility index (Phi) is 3.74. The van der Waals surface area contributed by atoms with E-state index < -0.39 is 10.0 Å². The van der Waals surface area contributed by atoms with Crippen molar-refractivity contribution in [2.24, 2.45) is 0 Å². The van der Waals surface area contributed by atoms with E-state index >= 15 is 0 Å². The van der Waals surface area contributed by atoms with Crippen LogP contribution in [0, 0.1) is 0 Å². The number of methoxy groups -OCH3 is 1. The molecule has 6 nitrogen and oxygen atoms in total. The molecule has 0 N–H and O–H groups in total. The van der Waals surface area contributed by atoms with Crippen LogP contribution in [0.3, 0.4) is 0 Å². The first-order chi connectivity index (χ1) is 11.5. The summed E-state index contributed by atoms with van der Waals surface area (Å²) < 4.78 is 33.1. The lowest BCUT2D eigenvalue weighted by atomic mass is 10.0. The molecule has 2 atom stereocenters. The largest absolute Gasteiger partial charge is 0.495 e. The van der Waals surface area contributed by atoms with Gasteiger partial charge in [0, 0.05) is 24.2 Å². The van der Waals surface area contributed by atoms with E-state index in [-0.39, 0.29) is 22.0 Å². The molecule has 4 rings (SSSR count). The quantitative estimate of drug-likeness (QED) is 0.835. The summed E-state index contributed by atoms with van der Waals surface area (Å²) in [5, 5.41) is 0.284. The minimum Gasteiger partial charge on any atom is -0.495 e. The summed E-state index contributed by atoms with van der Waals surface area (Å²) in [6.07, 6.45) is 5.49. The Balaban J connectivity index is 1.77. The standard InChI is InChI=1S/C16H16ClN3O3S/c1-23-16-5-3-11(7-13(16)17)24(21,22)20-10-2-4-15(20)12-8-18-9-19-14(12)6-10/h3,5,7-10,15H,2,4,6H2,1H3. The van der Waals surface area contributed by atoms with Crippen LogP contribution >= 0.6 is 11.6 Å². The Hall–Kier alpha value is -1.70. The van der Waals surface area contributed by atoms with Crippen molar-refractivity contribution in [2.75, 3.05) is 7.11 Å². The first-order valence-electron chi connectivity index (χ1n) is 7.68. The molecule has 1 aromatic heterocycles. The SMILES string of the molecule is COc1ccc(S(=O)(=O)N2C3CCC2c2cncnc2C3)cc1Cl. The minimum absolute atomic E-state index is 0.0664. The van der Waals surface area contributed by atoms with Crippen molar-refractivity contribution in [1.29, 1.82) is 0 Å². The third-order valence-corrected chi connectivity index (χ3v) is 7.01. The highest BCUT2D eigenvalue weighted by Crippen LogP contribution is 2.46. The van der Waals surface area contributed by atoms with Gasteiger partial charge in [-0.15, -0.1) is 0 Å². The first-order valence-corrected chi connectivity index (χ1v) is 9.50. The van der Waals surface area contributed by atoms with E-state index in [1.165, 1.54) is 25.6 Å². The Labute approximate surface area is 145 Å². The van der Waals surface area contributed by atoms with Crippen LogP contribution in [-0.4, -0.2) is 35.8 Å². The van der Waals surface area contributed by atoms with Gasteiger partial charge in [-0.1, -0.05) is 11.6 Å². The van der Waals surface area contributed by atoms with Crippen LogP contribution in [0.15, 0.2) is 35.6 Å². The van der Waals surface area contributed by atoms with Gasteiger partial charge in [-0.25, -0.2) is 18.4 Å². The molecule has 1 fully saturated rings. The molecule has 3 heterocycles. The van der Waals surface area contributed by atoms with Gasteiger partial charge in [0.15, 0.2) is 0 Å². The monoisotopic (exact) mass is 365 g/mol. The molecule has 1 saturated heterocycles. The molecule has 2 unspecified atom stereocenters. The minimum atomic E-state index is -3.65. The van der Waals surface area contributed by atoms with Crippen molar-refractivity contribution in [1.82, 2.24) is 14.3 Å². The molecule has 24 heavy (non-hydrogen) atoms. The van der Waals surface area contributed by atoms with E-state index in [0.717, 1.165) is 24.1 Å². The van der Waals surface area contributed by atoms with Gasteiger partial charge in [0.05, 0.1) is 28.8 Å². The van der Waals surface area contributed by atoms with E-state index in [9.17, 15) is 8.42 Å². The highest BCUT2D eigenvalue weighted by atomic mass is 35.5. The van der Waals surface area contributed by atoms with Gasteiger partial charge in [0.1, 0.15) is 12.1 Å². The van der Waals surface area contributed by atoms with Crippen LogP contribution in [0.2, 0.25) is 5.02 Å². The number of nitrogens with zero attached hydrogens (tertiary/aromatic N) is 3. The fraction of sp³-hybridized carbons (Fsp3) is 0.375. The van der Waals surface area contributed by atoms with E-state index in [4.69, 9.17) is 16.3 Å². The number of ether oxygens (including phenoxy) is 1. The molecule has 2 aromatic rings. The lowest BCUT2D eigenvalue weighted by molar-refractivity contribution is 0.300. The van der Waals surface area contributed by atoms with Gasteiger partial charge in [-0.05, 0) is 31.0 Å². The summed E-state index contributed by atoms with van der Waals surface area (Å²) >= 11 is 6.12. The van der Waals surface area contributed by atoms with Crippen LogP contribution in [0.25, 0.3) is 0 Å². The molecule has 0 amide bonds. The number of hydrogen-bond donors (Lipinski definition) is 0. The number of benzene rings is 1. The number of rotatable bonds is 3. The molecule has 0 radical (unpaired) electrons. The summed E-state index contributed by atoms with van der Waals surface area (Å²) in [6.45, 7) is 0. The van der Waals surface area contributed by atoms with E-state index in [1.807, 2.05) is 0 Å². The molecular formula is C16H16ClN3O3S. The van der Waals surface area contributed by atoms with E-state index in [0.29, 0.717) is 12.2 Å². The predicted octanol–water partition coefficient (Wildman–Crippen LogP) is 2.59. The molecule has 2 aliphatic heterocycles. The summed E-state index contributed by atoms with van der Waals surface area (Å²) in [6, 6.07) is 4.30. The van der Waals surface area contributed by atoms with Crippen LogP contribution in [-0.2, 0) is 16.4 Å². The smallest absolute Gasteiger partial charge is 0.243 e. The van der Waals surface area contributed by atoms with Crippen LogP contribution < -0.4 is 4.74 Å². The maximum atomic E-state index is 13.2. The third kappa shape index (κ3) is 2.30. The topological polar surface area (TPSA) is 72.4 Å². The molecule has 0 saturated carbocycles. The maximum absolute atomic E-state index is 13.2. The number of aromatic nitrogens is 2. The van der Waals surface area contributed by atoms with Crippen molar-refractivity contribution < 1.29 is 13.2 Å². The van der Waals surface area contributed by atoms with E-state index in [1.54, 1.807) is 16.6 Å². The van der Waals surface area contributed by atoms with Gasteiger partial charge >= 0.3 is 0 Å². The Morgan fingerprint density at radius 1 is 1.33 bits per heavy atom. The Morgan fingerprint density at radius 3 is 2.92 bits per heavy atom. The maximum Gasteiger partial charge on any atom is 0.243 e. The van der Waals surface area contributed by atoms with Gasteiger partial charge in [-0.2, -0.15) is 4.31 Å². The van der Waals surface area contributed by atoms with Crippen LogP contribution in [0.4, 0.5) is 0 Å². The molecule has 0 aliphatic carbocycles. The highest BCUT2D eigenvalue weighted by Gasteiger charge is 2.47. The molecular weight excluding hydrogens is 350 g/mol. The second-order valence-corrected chi connectivity index (χ2v) is 8.26. The number of fused-ring (bicyclic) bond motifs is 4. The summed E-state index contributed by atoms with van der Waals surface area (Å²) in [7, 11) is -2.15. The number of sulfonamides is 1. The van der Waals surface area contributed by atoms with E-state index in [2.05, 4.69) is 9.97 Å². The Bertz CT molecular complexity index is 903. The fourth-order valence-electron chi connectivity index (χ4n) is 3.67. The average Bonchev–Trinajstić information content (AvgIpc) is 2.91. The third-order valence-electron chi connectivity index (χ3n) is 4.75. The van der Waals surface area contributed by atoms with Gasteiger partial charge < -0.3 is 4.74 Å². The zero-order chi connectivity index (χ0) is 16.9. The van der Waals surface area contributed by atoms with Crippen LogP contribution in [0.1, 0.15) is 30.1 Å². The van der Waals surface area contributed by atoms with Crippen molar-refractivity contribution in [2.45, 2.75) is 36.2 Å². The highest BCUT2D eigenvalue weighted by molar-refractivity contribution is 7.89. The van der Waals surface area contributed by atoms with Gasteiger partial charge in [0.25, 0.3) is 0 Å². The normalized spacial score (nSPS) is 23.1. The average molecular weight is 366 g/mol. The van der Waals surface area contributed by atoms with Gasteiger partial charge in [-0.3, -0.25) is 0 Å². The predicted molar refractivity (Wildman–Crippen MR) is 88.5 cm³/mol. The summed E-state index contributed by atoms with van der Waals surface area (Å²) in [5.41, 5.74) is 1.87. The number of hydrogen-bond acceptors (Lipinski definition) is 5. The fourth-order valence-corrected chi connectivity index (χ4v) is 5.87. The number of halogens is 1. The molecule has 2 bridgehead atoms. The van der Waals surface area contributed by atoms with Crippen LogP contribution in [0.5, 0.6) is 5.75 Å². The molecule has 0 spiro atoms.